The Balaban J connectivity index is 2.33. The molecule has 94 valence electrons. The van der Waals surface area contributed by atoms with Gasteiger partial charge in [0.25, 0.3) is 0 Å². The summed E-state index contributed by atoms with van der Waals surface area (Å²) in [7, 11) is 0. The van der Waals surface area contributed by atoms with Crippen LogP contribution < -0.4 is 10.5 Å². The van der Waals surface area contributed by atoms with Crippen molar-refractivity contribution < 1.29 is 9.13 Å². The molecular weight excluding hydrogens is 321 g/mol. The van der Waals surface area contributed by atoms with Gasteiger partial charge in [0.2, 0.25) is 0 Å². The van der Waals surface area contributed by atoms with E-state index in [2.05, 4.69) is 15.9 Å². The average molecular weight is 331 g/mol. The Morgan fingerprint density at radius 2 is 2.06 bits per heavy atom. The normalized spacial score (nSPS) is 10.4. The van der Waals surface area contributed by atoms with Crippen molar-refractivity contribution in [2.45, 2.75) is 6.54 Å². The number of halogens is 3. The molecule has 2 aromatic rings. The van der Waals surface area contributed by atoms with Crippen molar-refractivity contribution in [3.05, 3.63) is 57.3 Å². The van der Waals surface area contributed by atoms with E-state index in [0.29, 0.717) is 20.8 Å². The lowest BCUT2D eigenvalue weighted by Gasteiger charge is -2.10. The average Bonchev–Trinajstić information content (AvgIpc) is 2.35. The molecule has 0 amide bonds. The summed E-state index contributed by atoms with van der Waals surface area (Å²) in [6.45, 7) is 0.259. The summed E-state index contributed by atoms with van der Waals surface area (Å²) in [4.78, 5) is 0. The van der Waals surface area contributed by atoms with E-state index in [1.54, 1.807) is 36.4 Å². The molecule has 2 rings (SSSR count). The van der Waals surface area contributed by atoms with Gasteiger partial charge in [-0.15, -0.1) is 0 Å². The van der Waals surface area contributed by atoms with Crippen LogP contribution in [0.2, 0.25) is 5.02 Å². The summed E-state index contributed by atoms with van der Waals surface area (Å²) in [5, 5.41) is 0.533. The van der Waals surface area contributed by atoms with Crippen LogP contribution in [0, 0.1) is 5.82 Å². The molecule has 0 aliphatic rings. The first-order valence-corrected chi connectivity index (χ1v) is 6.39. The monoisotopic (exact) mass is 329 g/mol. The predicted molar refractivity (Wildman–Crippen MR) is 73.5 cm³/mol. The molecule has 0 radical (unpaired) electrons. The second kappa shape index (κ2) is 5.69. The maximum absolute atomic E-state index is 14.0. The molecule has 0 heterocycles. The van der Waals surface area contributed by atoms with E-state index in [9.17, 15) is 4.39 Å². The molecule has 0 spiro atoms. The van der Waals surface area contributed by atoms with E-state index in [1.807, 2.05) is 0 Å². The summed E-state index contributed by atoms with van der Waals surface area (Å²) < 4.78 is 19.7. The first kappa shape index (κ1) is 13.3. The Morgan fingerprint density at radius 3 is 2.72 bits per heavy atom. The largest absolute Gasteiger partial charge is 0.454 e. The minimum Gasteiger partial charge on any atom is -0.454 e. The molecule has 2 nitrogen and oxygen atoms in total. The Kier molecular flexibility index (Phi) is 4.22. The molecule has 0 aromatic heterocycles. The standard InChI is InChI=1S/C13H10BrClFNO/c14-12-8(7-17)4-5-11(13(12)16)18-10-3-1-2-9(15)6-10/h1-6H,7,17H2. The quantitative estimate of drug-likeness (QED) is 0.899. The molecule has 18 heavy (non-hydrogen) atoms. The molecule has 0 aliphatic heterocycles. The second-order valence-electron chi connectivity index (χ2n) is 3.61. The van der Waals surface area contributed by atoms with E-state index in [4.69, 9.17) is 22.1 Å². The van der Waals surface area contributed by atoms with E-state index in [-0.39, 0.29) is 12.3 Å². The van der Waals surface area contributed by atoms with Crippen LogP contribution in [0.3, 0.4) is 0 Å². The van der Waals surface area contributed by atoms with Crippen molar-refractivity contribution in [3.8, 4) is 11.5 Å². The van der Waals surface area contributed by atoms with Crippen LogP contribution in [-0.2, 0) is 6.54 Å². The van der Waals surface area contributed by atoms with Gasteiger partial charge in [-0.05, 0) is 45.8 Å². The molecule has 2 aromatic carbocycles. The summed E-state index contributed by atoms with van der Waals surface area (Å²) in [6.07, 6.45) is 0. The van der Waals surface area contributed by atoms with Crippen LogP contribution >= 0.6 is 27.5 Å². The lowest BCUT2D eigenvalue weighted by molar-refractivity contribution is 0.439. The summed E-state index contributed by atoms with van der Waals surface area (Å²) >= 11 is 8.99. The fraction of sp³-hybridized carbons (Fsp3) is 0.0769. The fourth-order valence-corrected chi connectivity index (χ4v) is 2.14. The highest BCUT2D eigenvalue weighted by atomic mass is 79.9. The van der Waals surface area contributed by atoms with E-state index in [1.165, 1.54) is 0 Å². The van der Waals surface area contributed by atoms with Crippen molar-refractivity contribution in [2.75, 3.05) is 0 Å². The van der Waals surface area contributed by atoms with Gasteiger partial charge in [0.15, 0.2) is 11.6 Å². The highest BCUT2D eigenvalue weighted by Gasteiger charge is 2.12. The van der Waals surface area contributed by atoms with E-state index < -0.39 is 5.82 Å². The van der Waals surface area contributed by atoms with Gasteiger partial charge >= 0.3 is 0 Å². The van der Waals surface area contributed by atoms with Gasteiger partial charge in [-0.1, -0.05) is 23.7 Å². The second-order valence-corrected chi connectivity index (χ2v) is 4.84. The van der Waals surface area contributed by atoms with Crippen LogP contribution in [0.4, 0.5) is 4.39 Å². The van der Waals surface area contributed by atoms with Gasteiger partial charge in [0.05, 0.1) is 4.47 Å². The zero-order valence-electron chi connectivity index (χ0n) is 9.29. The number of rotatable bonds is 3. The summed E-state index contributed by atoms with van der Waals surface area (Å²) in [6, 6.07) is 10.0. The first-order valence-electron chi connectivity index (χ1n) is 5.22. The van der Waals surface area contributed by atoms with Crippen molar-refractivity contribution in [3.63, 3.8) is 0 Å². The summed E-state index contributed by atoms with van der Waals surface area (Å²) in [5.74, 6) is 0.132. The SMILES string of the molecule is NCc1ccc(Oc2cccc(Cl)c2)c(F)c1Br. The van der Waals surface area contributed by atoms with Crippen LogP contribution in [-0.4, -0.2) is 0 Å². The Bertz CT molecular complexity index is 577. The van der Waals surface area contributed by atoms with Gasteiger partial charge in [-0.3, -0.25) is 0 Å². The topological polar surface area (TPSA) is 35.2 Å². The lowest BCUT2D eigenvalue weighted by atomic mass is 10.2. The molecule has 2 N–H and O–H groups in total. The minimum absolute atomic E-state index is 0.126. The molecule has 0 saturated heterocycles. The molecular formula is C13H10BrClFNO. The minimum atomic E-state index is -0.474. The van der Waals surface area contributed by atoms with Gasteiger partial charge in [-0.25, -0.2) is 4.39 Å². The van der Waals surface area contributed by atoms with Gasteiger partial charge < -0.3 is 10.5 Å². The maximum atomic E-state index is 14.0. The van der Waals surface area contributed by atoms with Crippen LogP contribution in [0.15, 0.2) is 40.9 Å². The molecule has 0 atom stereocenters. The van der Waals surface area contributed by atoms with E-state index in [0.717, 1.165) is 0 Å². The first-order chi connectivity index (χ1) is 8.61. The number of nitrogens with two attached hydrogens (primary N) is 1. The van der Waals surface area contributed by atoms with Crippen LogP contribution in [0.1, 0.15) is 5.56 Å². The molecule has 0 saturated carbocycles. The van der Waals surface area contributed by atoms with Crippen LogP contribution in [0.25, 0.3) is 0 Å². The highest BCUT2D eigenvalue weighted by Crippen LogP contribution is 2.32. The molecule has 0 bridgehead atoms. The van der Waals surface area contributed by atoms with Gasteiger partial charge in [-0.2, -0.15) is 0 Å². The maximum Gasteiger partial charge on any atom is 0.180 e. The van der Waals surface area contributed by atoms with Crippen molar-refractivity contribution in [1.29, 1.82) is 0 Å². The third kappa shape index (κ3) is 2.83. The van der Waals surface area contributed by atoms with E-state index >= 15 is 0 Å². The number of benzene rings is 2. The highest BCUT2D eigenvalue weighted by molar-refractivity contribution is 9.10. The number of ether oxygens (including phenoxy) is 1. The van der Waals surface area contributed by atoms with Crippen molar-refractivity contribution in [1.82, 2.24) is 0 Å². The Morgan fingerprint density at radius 1 is 1.28 bits per heavy atom. The van der Waals surface area contributed by atoms with Crippen molar-refractivity contribution >= 4 is 27.5 Å². The van der Waals surface area contributed by atoms with Gasteiger partial charge in [0.1, 0.15) is 5.75 Å². The number of hydrogen-bond acceptors (Lipinski definition) is 2. The Labute approximate surface area is 118 Å². The summed E-state index contributed by atoms with van der Waals surface area (Å²) in [5.41, 5.74) is 6.17. The number of hydrogen-bond donors (Lipinski definition) is 1. The third-order valence-corrected chi connectivity index (χ3v) is 3.46. The molecule has 5 heteroatoms. The van der Waals surface area contributed by atoms with Crippen molar-refractivity contribution in [2.24, 2.45) is 5.73 Å². The zero-order valence-corrected chi connectivity index (χ0v) is 11.6. The zero-order chi connectivity index (χ0) is 13.1. The predicted octanol–water partition coefficient (Wildman–Crippen LogP) is 4.49. The molecule has 0 unspecified atom stereocenters. The smallest absolute Gasteiger partial charge is 0.180 e. The third-order valence-electron chi connectivity index (χ3n) is 2.37. The molecule has 0 aliphatic carbocycles. The van der Waals surface area contributed by atoms with Gasteiger partial charge in [0, 0.05) is 11.6 Å². The molecule has 0 fully saturated rings. The fourth-order valence-electron chi connectivity index (χ4n) is 1.47. The Hall–Kier alpha value is -1.10. The lowest BCUT2D eigenvalue weighted by Crippen LogP contribution is -2.00. The van der Waals surface area contributed by atoms with Crippen LogP contribution in [0.5, 0.6) is 11.5 Å².